The summed E-state index contributed by atoms with van der Waals surface area (Å²) in [6.45, 7) is 6.23. The van der Waals surface area contributed by atoms with Crippen LogP contribution in [0.3, 0.4) is 0 Å². The van der Waals surface area contributed by atoms with E-state index in [9.17, 15) is 9.90 Å². The van der Waals surface area contributed by atoms with Crippen LogP contribution in [0.2, 0.25) is 0 Å². The fourth-order valence-electron chi connectivity index (χ4n) is 2.82. The Morgan fingerprint density at radius 2 is 2.00 bits per heavy atom. The monoisotopic (exact) mass is 242 g/mol. The lowest BCUT2D eigenvalue weighted by molar-refractivity contribution is -0.172. The fraction of sp³-hybridized carbons (Fsp3) is 0.929. The molecular weight excluding hydrogens is 216 g/mol. The summed E-state index contributed by atoms with van der Waals surface area (Å²) >= 11 is 0. The van der Waals surface area contributed by atoms with Crippen molar-refractivity contribution in [3.05, 3.63) is 0 Å². The molecule has 3 atom stereocenters. The van der Waals surface area contributed by atoms with Crippen molar-refractivity contribution in [1.29, 1.82) is 0 Å². The minimum atomic E-state index is -1.26. The Kier molecular flexibility index (Phi) is 5.44. The second-order valence-corrected chi connectivity index (χ2v) is 5.31. The topological polar surface area (TPSA) is 46.5 Å². The van der Waals surface area contributed by atoms with E-state index in [1.165, 1.54) is 6.42 Å². The minimum absolute atomic E-state index is 0.0662. The first-order valence-electron chi connectivity index (χ1n) is 6.94. The molecular formula is C14H26O3. The number of hydrogen-bond acceptors (Lipinski definition) is 3. The Morgan fingerprint density at radius 1 is 1.29 bits per heavy atom. The van der Waals surface area contributed by atoms with E-state index in [1.54, 1.807) is 6.92 Å². The van der Waals surface area contributed by atoms with Gasteiger partial charge in [-0.3, -0.25) is 0 Å². The van der Waals surface area contributed by atoms with E-state index in [1.807, 2.05) is 6.92 Å². The Bertz CT molecular complexity index is 252. The van der Waals surface area contributed by atoms with Crippen molar-refractivity contribution >= 4 is 5.97 Å². The van der Waals surface area contributed by atoms with E-state index in [4.69, 9.17) is 4.74 Å². The molecule has 1 aliphatic rings. The van der Waals surface area contributed by atoms with Gasteiger partial charge in [0.05, 0.1) is 6.61 Å². The number of rotatable bonds is 4. The molecule has 0 aliphatic heterocycles. The first-order chi connectivity index (χ1) is 8.04. The maximum absolute atomic E-state index is 11.9. The molecule has 1 rings (SSSR count). The van der Waals surface area contributed by atoms with Crippen LogP contribution >= 0.6 is 0 Å². The van der Waals surface area contributed by atoms with Gasteiger partial charge in [-0.05, 0) is 38.0 Å². The molecule has 1 fully saturated rings. The average molecular weight is 242 g/mol. The second kappa shape index (κ2) is 6.39. The Balaban J connectivity index is 2.73. The maximum Gasteiger partial charge on any atom is 0.338 e. The van der Waals surface area contributed by atoms with Gasteiger partial charge >= 0.3 is 5.97 Å². The Labute approximate surface area is 105 Å². The highest BCUT2D eigenvalue weighted by Crippen LogP contribution is 2.36. The van der Waals surface area contributed by atoms with Gasteiger partial charge in [-0.2, -0.15) is 0 Å². The molecule has 0 aromatic heterocycles. The van der Waals surface area contributed by atoms with Crippen molar-refractivity contribution < 1.29 is 14.6 Å². The molecule has 17 heavy (non-hydrogen) atoms. The number of aliphatic hydroxyl groups is 1. The third-order valence-corrected chi connectivity index (χ3v) is 4.10. The molecule has 0 spiro atoms. The number of esters is 1. The zero-order valence-electron chi connectivity index (χ0n) is 11.4. The smallest absolute Gasteiger partial charge is 0.338 e. The van der Waals surface area contributed by atoms with E-state index in [-0.39, 0.29) is 5.92 Å². The van der Waals surface area contributed by atoms with Gasteiger partial charge in [0, 0.05) is 0 Å². The van der Waals surface area contributed by atoms with Crippen molar-refractivity contribution in [2.45, 2.75) is 64.9 Å². The quantitative estimate of drug-likeness (QED) is 0.609. The number of ether oxygens (including phenoxy) is 1. The molecule has 0 radical (unpaired) electrons. The standard InChI is InChI=1S/C14H26O3/c1-4-14(16,13(15)17-5-2)12-8-6-7-11(3)9-10-12/h11-12,16H,4-10H2,1-3H3. The first-order valence-corrected chi connectivity index (χ1v) is 6.94. The molecule has 0 amide bonds. The van der Waals surface area contributed by atoms with Gasteiger partial charge in [0.1, 0.15) is 0 Å². The molecule has 3 unspecified atom stereocenters. The number of carbonyl (C=O) groups excluding carboxylic acids is 1. The molecule has 1 aliphatic carbocycles. The lowest BCUT2D eigenvalue weighted by atomic mass is 9.80. The predicted octanol–water partition coefficient (Wildman–Crippen LogP) is 2.91. The van der Waals surface area contributed by atoms with Crippen LogP contribution in [0.1, 0.15) is 59.3 Å². The van der Waals surface area contributed by atoms with Gasteiger partial charge in [-0.25, -0.2) is 4.79 Å². The van der Waals surface area contributed by atoms with Crippen molar-refractivity contribution in [2.75, 3.05) is 6.61 Å². The number of hydrogen-bond donors (Lipinski definition) is 1. The van der Waals surface area contributed by atoms with Gasteiger partial charge in [0.2, 0.25) is 0 Å². The molecule has 0 aromatic rings. The average Bonchev–Trinajstić information content (AvgIpc) is 2.53. The fourth-order valence-corrected chi connectivity index (χ4v) is 2.82. The molecule has 0 heterocycles. The van der Waals surface area contributed by atoms with E-state index < -0.39 is 11.6 Å². The summed E-state index contributed by atoms with van der Waals surface area (Å²) in [6, 6.07) is 0. The second-order valence-electron chi connectivity index (χ2n) is 5.31. The van der Waals surface area contributed by atoms with Crippen LogP contribution in [0.15, 0.2) is 0 Å². The van der Waals surface area contributed by atoms with Crippen LogP contribution in [0.25, 0.3) is 0 Å². The Hall–Kier alpha value is -0.570. The summed E-state index contributed by atoms with van der Waals surface area (Å²) in [5.41, 5.74) is -1.26. The van der Waals surface area contributed by atoms with Crippen LogP contribution in [-0.4, -0.2) is 23.3 Å². The lowest BCUT2D eigenvalue weighted by Crippen LogP contribution is -2.46. The molecule has 0 saturated heterocycles. The van der Waals surface area contributed by atoms with Gasteiger partial charge in [-0.1, -0.05) is 33.1 Å². The van der Waals surface area contributed by atoms with Crippen molar-refractivity contribution in [3.63, 3.8) is 0 Å². The third kappa shape index (κ3) is 3.44. The Morgan fingerprint density at radius 3 is 2.59 bits per heavy atom. The minimum Gasteiger partial charge on any atom is -0.464 e. The maximum atomic E-state index is 11.9. The molecule has 0 bridgehead atoms. The first kappa shape index (κ1) is 14.5. The summed E-state index contributed by atoms with van der Waals surface area (Å²) in [6.07, 6.45) is 5.74. The summed E-state index contributed by atoms with van der Waals surface area (Å²) < 4.78 is 5.03. The SMILES string of the molecule is CCOC(=O)C(O)(CC)C1CCCC(C)CC1. The molecule has 100 valence electrons. The van der Waals surface area contributed by atoms with Crippen LogP contribution in [0.5, 0.6) is 0 Å². The van der Waals surface area contributed by atoms with Gasteiger partial charge in [0.25, 0.3) is 0 Å². The van der Waals surface area contributed by atoms with Gasteiger partial charge in [-0.15, -0.1) is 0 Å². The molecule has 1 N–H and O–H groups in total. The van der Waals surface area contributed by atoms with E-state index in [2.05, 4.69) is 6.92 Å². The number of carbonyl (C=O) groups is 1. The van der Waals surface area contributed by atoms with E-state index in [0.717, 1.165) is 25.7 Å². The highest BCUT2D eigenvalue weighted by Gasteiger charge is 2.43. The van der Waals surface area contributed by atoms with Crippen molar-refractivity contribution in [3.8, 4) is 0 Å². The summed E-state index contributed by atoms with van der Waals surface area (Å²) in [5.74, 6) is 0.349. The predicted molar refractivity (Wildman–Crippen MR) is 67.6 cm³/mol. The molecule has 0 aromatic carbocycles. The lowest BCUT2D eigenvalue weighted by Gasteiger charge is -2.32. The summed E-state index contributed by atoms with van der Waals surface area (Å²) in [5, 5.41) is 10.6. The third-order valence-electron chi connectivity index (χ3n) is 4.10. The van der Waals surface area contributed by atoms with Crippen LogP contribution in [-0.2, 0) is 9.53 Å². The largest absolute Gasteiger partial charge is 0.464 e. The van der Waals surface area contributed by atoms with Crippen molar-refractivity contribution in [2.24, 2.45) is 11.8 Å². The van der Waals surface area contributed by atoms with Gasteiger partial charge < -0.3 is 9.84 Å². The summed E-state index contributed by atoms with van der Waals surface area (Å²) in [4.78, 5) is 11.9. The highest BCUT2D eigenvalue weighted by molar-refractivity contribution is 5.79. The van der Waals surface area contributed by atoms with Crippen LogP contribution < -0.4 is 0 Å². The molecule has 1 saturated carbocycles. The van der Waals surface area contributed by atoms with Crippen molar-refractivity contribution in [1.82, 2.24) is 0 Å². The van der Waals surface area contributed by atoms with Gasteiger partial charge in [0.15, 0.2) is 5.60 Å². The summed E-state index contributed by atoms with van der Waals surface area (Å²) in [7, 11) is 0. The molecule has 3 nitrogen and oxygen atoms in total. The van der Waals surface area contributed by atoms with E-state index in [0.29, 0.717) is 18.9 Å². The normalized spacial score (nSPS) is 29.2. The molecule has 3 heteroatoms. The highest BCUT2D eigenvalue weighted by atomic mass is 16.5. The zero-order chi connectivity index (χ0) is 12.9. The van der Waals surface area contributed by atoms with E-state index >= 15 is 0 Å². The van der Waals surface area contributed by atoms with Crippen LogP contribution in [0.4, 0.5) is 0 Å². The zero-order valence-corrected chi connectivity index (χ0v) is 11.4. The van der Waals surface area contributed by atoms with Crippen LogP contribution in [0, 0.1) is 11.8 Å².